The van der Waals surface area contributed by atoms with E-state index in [1.54, 1.807) is 0 Å². The molecule has 0 amide bonds. The number of aryl methyl sites for hydroxylation is 1. The molecular weight excluding hydrogens is 206 g/mol. The summed E-state index contributed by atoms with van der Waals surface area (Å²) in [5.74, 6) is 0. The maximum atomic E-state index is 5.36. The van der Waals surface area contributed by atoms with E-state index in [2.05, 4.69) is 37.3 Å². The molecule has 0 aliphatic rings. The van der Waals surface area contributed by atoms with Crippen molar-refractivity contribution in [3.63, 3.8) is 0 Å². The molecule has 0 unspecified atom stereocenters. The fourth-order valence-corrected chi connectivity index (χ4v) is 1.48. The normalized spacial score (nSPS) is 9.24. The standard InChI is InChI=1S/C10H14.C6H7N/c1-2-3-7-10-8-5-4-6-9-10;7-6-4-2-1-3-5-6/h4-6,8-9H,2-3,7H2,1H3;1-5H,7H2. The van der Waals surface area contributed by atoms with Gasteiger partial charge >= 0.3 is 0 Å². The second-order valence-electron chi connectivity index (χ2n) is 4.00. The zero-order chi connectivity index (χ0) is 12.3. The van der Waals surface area contributed by atoms with Gasteiger partial charge in [0.15, 0.2) is 0 Å². The van der Waals surface area contributed by atoms with Gasteiger partial charge in [0.2, 0.25) is 0 Å². The average Bonchev–Trinajstić information content (AvgIpc) is 2.39. The SMILES string of the molecule is CCCCc1ccccc1.Nc1ccccc1. The summed E-state index contributed by atoms with van der Waals surface area (Å²) in [6.07, 6.45) is 3.83. The first-order valence-corrected chi connectivity index (χ1v) is 6.17. The van der Waals surface area contributed by atoms with Crippen molar-refractivity contribution in [1.29, 1.82) is 0 Å². The number of unbranched alkanes of at least 4 members (excludes halogenated alkanes) is 1. The molecule has 0 aliphatic heterocycles. The van der Waals surface area contributed by atoms with Gasteiger partial charge in [-0.3, -0.25) is 0 Å². The maximum Gasteiger partial charge on any atom is 0.0313 e. The van der Waals surface area contributed by atoms with Crippen LogP contribution in [0.15, 0.2) is 60.7 Å². The summed E-state index contributed by atoms with van der Waals surface area (Å²) in [6, 6.07) is 20.1. The average molecular weight is 227 g/mol. The molecule has 2 rings (SSSR count). The first-order chi connectivity index (χ1) is 8.33. The smallest absolute Gasteiger partial charge is 0.0313 e. The van der Waals surface area contributed by atoms with E-state index in [0.717, 1.165) is 5.69 Å². The molecule has 2 aromatic rings. The third-order valence-corrected chi connectivity index (χ3v) is 2.46. The molecule has 2 aromatic carbocycles. The Hall–Kier alpha value is -1.76. The molecule has 0 radical (unpaired) electrons. The molecule has 1 nitrogen and oxygen atoms in total. The third kappa shape index (κ3) is 6.41. The third-order valence-electron chi connectivity index (χ3n) is 2.46. The number of nitrogens with two attached hydrogens (primary N) is 1. The molecule has 0 heterocycles. The van der Waals surface area contributed by atoms with Crippen LogP contribution in [0.5, 0.6) is 0 Å². The Morgan fingerprint density at radius 2 is 1.35 bits per heavy atom. The molecule has 0 aliphatic carbocycles. The molecule has 0 saturated carbocycles. The lowest BCUT2D eigenvalue weighted by molar-refractivity contribution is 0.795. The van der Waals surface area contributed by atoms with E-state index >= 15 is 0 Å². The monoisotopic (exact) mass is 227 g/mol. The van der Waals surface area contributed by atoms with Crippen LogP contribution >= 0.6 is 0 Å². The lowest BCUT2D eigenvalue weighted by Gasteiger charge is -1.96. The molecule has 17 heavy (non-hydrogen) atoms. The number of hydrogen-bond acceptors (Lipinski definition) is 1. The van der Waals surface area contributed by atoms with Gasteiger partial charge in [-0.25, -0.2) is 0 Å². The highest BCUT2D eigenvalue weighted by molar-refractivity contribution is 5.35. The van der Waals surface area contributed by atoms with Gasteiger partial charge in [0.25, 0.3) is 0 Å². The highest BCUT2D eigenvalue weighted by Gasteiger charge is 1.87. The van der Waals surface area contributed by atoms with Crippen molar-refractivity contribution < 1.29 is 0 Å². The van der Waals surface area contributed by atoms with E-state index in [9.17, 15) is 0 Å². The lowest BCUT2D eigenvalue weighted by Crippen LogP contribution is -1.81. The minimum Gasteiger partial charge on any atom is -0.399 e. The van der Waals surface area contributed by atoms with E-state index in [-0.39, 0.29) is 0 Å². The van der Waals surface area contributed by atoms with Crippen LogP contribution < -0.4 is 5.73 Å². The van der Waals surface area contributed by atoms with Crippen molar-refractivity contribution in [3.05, 3.63) is 66.2 Å². The van der Waals surface area contributed by atoms with E-state index in [1.807, 2.05) is 30.3 Å². The number of para-hydroxylation sites is 1. The summed E-state index contributed by atoms with van der Waals surface area (Å²) in [6.45, 7) is 2.23. The molecule has 0 atom stereocenters. The van der Waals surface area contributed by atoms with E-state index in [0.29, 0.717) is 0 Å². The largest absolute Gasteiger partial charge is 0.399 e. The van der Waals surface area contributed by atoms with Gasteiger partial charge < -0.3 is 5.73 Å². The van der Waals surface area contributed by atoms with E-state index < -0.39 is 0 Å². The molecule has 0 fully saturated rings. The van der Waals surface area contributed by atoms with Gasteiger partial charge in [-0.15, -0.1) is 0 Å². The van der Waals surface area contributed by atoms with Crippen LogP contribution in [0.3, 0.4) is 0 Å². The Morgan fingerprint density at radius 1 is 0.824 bits per heavy atom. The van der Waals surface area contributed by atoms with E-state index in [4.69, 9.17) is 5.73 Å². The fraction of sp³-hybridized carbons (Fsp3) is 0.250. The summed E-state index contributed by atoms with van der Waals surface area (Å²) in [5, 5.41) is 0. The fourth-order valence-electron chi connectivity index (χ4n) is 1.48. The molecule has 0 aromatic heterocycles. The molecular formula is C16H21N. The summed E-state index contributed by atoms with van der Waals surface area (Å²) in [4.78, 5) is 0. The minimum atomic E-state index is 0.822. The quantitative estimate of drug-likeness (QED) is 0.777. The Kier molecular flexibility index (Phi) is 6.57. The van der Waals surface area contributed by atoms with Gasteiger partial charge in [-0.1, -0.05) is 61.9 Å². The van der Waals surface area contributed by atoms with Crippen molar-refractivity contribution in [2.24, 2.45) is 0 Å². The second-order valence-corrected chi connectivity index (χ2v) is 4.00. The van der Waals surface area contributed by atoms with Crippen LogP contribution in [0.1, 0.15) is 25.3 Å². The minimum absolute atomic E-state index is 0.822. The molecule has 0 bridgehead atoms. The number of rotatable bonds is 3. The number of anilines is 1. The Bertz CT molecular complexity index is 381. The summed E-state index contributed by atoms with van der Waals surface area (Å²) in [5.41, 5.74) is 7.64. The van der Waals surface area contributed by atoms with Gasteiger partial charge in [0, 0.05) is 5.69 Å². The van der Waals surface area contributed by atoms with Crippen LogP contribution in [0.2, 0.25) is 0 Å². The number of hydrogen-bond donors (Lipinski definition) is 1. The topological polar surface area (TPSA) is 26.0 Å². The van der Waals surface area contributed by atoms with Crippen LogP contribution in [-0.4, -0.2) is 0 Å². The van der Waals surface area contributed by atoms with Crippen molar-refractivity contribution in [3.8, 4) is 0 Å². The number of nitrogen functional groups attached to an aromatic ring is 1. The molecule has 0 spiro atoms. The van der Waals surface area contributed by atoms with Gasteiger partial charge in [-0.2, -0.15) is 0 Å². The number of benzene rings is 2. The zero-order valence-corrected chi connectivity index (χ0v) is 10.5. The zero-order valence-electron chi connectivity index (χ0n) is 10.5. The summed E-state index contributed by atoms with van der Waals surface area (Å²) >= 11 is 0. The Labute approximate surface area is 104 Å². The molecule has 90 valence electrons. The van der Waals surface area contributed by atoms with Gasteiger partial charge in [-0.05, 0) is 30.5 Å². The molecule has 1 heteroatoms. The predicted octanol–water partition coefficient (Wildman–Crippen LogP) is 4.30. The highest BCUT2D eigenvalue weighted by Crippen LogP contribution is 2.03. The van der Waals surface area contributed by atoms with Gasteiger partial charge in [0.1, 0.15) is 0 Å². The van der Waals surface area contributed by atoms with Crippen molar-refractivity contribution in [1.82, 2.24) is 0 Å². The first-order valence-electron chi connectivity index (χ1n) is 6.17. The summed E-state index contributed by atoms with van der Waals surface area (Å²) < 4.78 is 0. The first kappa shape index (κ1) is 13.3. The van der Waals surface area contributed by atoms with Crippen molar-refractivity contribution in [2.75, 3.05) is 5.73 Å². The Morgan fingerprint density at radius 3 is 1.76 bits per heavy atom. The highest BCUT2D eigenvalue weighted by atomic mass is 14.5. The maximum absolute atomic E-state index is 5.36. The Balaban J connectivity index is 0.000000181. The van der Waals surface area contributed by atoms with Crippen LogP contribution in [0, 0.1) is 0 Å². The van der Waals surface area contributed by atoms with Crippen LogP contribution in [-0.2, 0) is 6.42 Å². The van der Waals surface area contributed by atoms with E-state index in [1.165, 1.54) is 24.8 Å². The molecule has 0 saturated heterocycles. The second kappa shape index (κ2) is 8.40. The van der Waals surface area contributed by atoms with Crippen molar-refractivity contribution in [2.45, 2.75) is 26.2 Å². The van der Waals surface area contributed by atoms with Crippen LogP contribution in [0.4, 0.5) is 5.69 Å². The van der Waals surface area contributed by atoms with Gasteiger partial charge in [0.05, 0.1) is 0 Å². The molecule has 2 N–H and O–H groups in total. The lowest BCUT2D eigenvalue weighted by atomic mass is 10.1. The summed E-state index contributed by atoms with van der Waals surface area (Å²) in [7, 11) is 0. The van der Waals surface area contributed by atoms with Crippen molar-refractivity contribution >= 4 is 5.69 Å². The van der Waals surface area contributed by atoms with Crippen LogP contribution in [0.25, 0.3) is 0 Å². The predicted molar refractivity (Wildman–Crippen MR) is 75.9 cm³/mol.